The molecule has 1 aromatic rings. The van der Waals surface area contributed by atoms with Gasteiger partial charge in [-0.25, -0.2) is 5.43 Å². The van der Waals surface area contributed by atoms with Crippen molar-refractivity contribution in [1.29, 1.82) is 0 Å². The van der Waals surface area contributed by atoms with Crippen molar-refractivity contribution in [3.8, 4) is 0 Å². The van der Waals surface area contributed by atoms with Gasteiger partial charge in [0, 0.05) is 6.07 Å². The third-order valence-corrected chi connectivity index (χ3v) is 3.86. The smallest absolute Gasteiger partial charge is 0.254 e. The van der Waals surface area contributed by atoms with Gasteiger partial charge >= 0.3 is 0 Å². The minimum absolute atomic E-state index is 0.0829. The minimum Gasteiger partial charge on any atom is -0.459 e. The van der Waals surface area contributed by atoms with E-state index >= 15 is 0 Å². The number of hydrogen-bond acceptors (Lipinski definition) is 4. The molecular weight excluding hydrogens is 310 g/mol. The van der Waals surface area contributed by atoms with Crippen LogP contribution in [0.15, 0.2) is 20.1 Å². The molecule has 0 atom stereocenters. The summed E-state index contributed by atoms with van der Waals surface area (Å²) in [5.41, 5.74) is 2.52. The molecule has 1 aliphatic heterocycles. The number of piperidine rings is 1. The van der Waals surface area contributed by atoms with Crippen molar-refractivity contribution < 1.29 is 9.21 Å². The summed E-state index contributed by atoms with van der Waals surface area (Å²) in [6.45, 7) is 4.28. The lowest BCUT2D eigenvalue weighted by atomic mass is 10.1. The van der Waals surface area contributed by atoms with E-state index in [0.29, 0.717) is 12.3 Å². The average molecular weight is 328 g/mol. The number of hydrazone groups is 1. The Balaban J connectivity index is 1.76. The first kappa shape index (κ1) is 14.3. The maximum absolute atomic E-state index is 11.7. The van der Waals surface area contributed by atoms with E-state index in [9.17, 15) is 4.79 Å². The van der Waals surface area contributed by atoms with Gasteiger partial charge in [-0.2, -0.15) is 5.10 Å². The Morgan fingerprint density at radius 1 is 1.53 bits per heavy atom. The van der Waals surface area contributed by atoms with Crippen molar-refractivity contribution >= 4 is 28.1 Å². The van der Waals surface area contributed by atoms with Crippen LogP contribution >= 0.6 is 15.9 Å². The summed E-state index contributed by atoms with van der Waals surface area (Å²) in [4.78, 5) is 13.8. The Bertz CT molecular complexity index is 445. The second-order valence-electron chi connectivity index (χ2n) is 4.68. The molecule has 0 unspecified atom stereocenters. The molecule has 0 saturated carbocycles. The van der Waals surface area contributed by atoms with Crippen LogP contribution in [0.1, 0.15) is 30.8 Å². The Kier molecular flexibility index (Phi) is 5.15. The van der Waals surface area contributed by atoms with Crippen LogP contribution in [0.3, 0.4) is 0 Å². The molecule has 1 saturated heterocycles. The number of aryl methyl sites for hydroxylation is 1. The number of hydrogen-bond donors (Lipinski definition) is 1. The van der Waals surface area contributed by atoms with E-state index in [0.717, 1.165) is 23.3 Å². The maximum Gasteiger partial charge on any atom is 0.254 e. The van der Waals surface area contributed by atoms with Gasteiger partial charge in [-0.3, -0.25) is 9.69 Å². The van der Waals surface area contributed by atoms with Crippen LogP contribution in [0.5, 0.6) is 0 Å². The first-order valence-corrected chi connectivity index (χ1v) is 7.24. The highest BCUT2D eigenvalue weighted by Gasteiger charge is 2.13. The Hall–Kier alpha value is -1.14. The van der Waals surface area contributed by atoms with Crippen molar-refractivity contribution in [2.75, 3.05) is 19.6 Å². The normalized spacial score (nSPS) is 16.9. The molecule has 2 rings (SSSR count). The number of nitrogens with one attached hydrogen (secondary N) is 1. The minimum atomic E-state index is -0.0829. The molecule has 6 heteroatoms. The highest BCUT2D eigenvalue weighted by molar-refractivity contribution is 9.10. The summed E-state index contributed by atoms with van der Waals surface area (Å²) < 4.78 is 6.29. The van der Waals surface area contributed by atoms with E-state index in [-0.39, 0.29) is 5.91 Å². The number of halogens is 1. The third-order valence-electron chi connectivity index (χ3n) is 3.07. The van der Waals surface area contributed by atoms with E-state index in [1.165, 1.54) is 25.5 Å². The van der Waals surface area contributed by atoms with E-state index in [2.05, 4.69) is 31.4 Å². The second kappa shape index (κ2) is 6.86. The summed E-state index contributed by atoms with van der Waals surface area (Å²) in [6, 6.07) is 1.82. The molecule has 0 bridgehead atoms. The standard InChI is InChI=1S/C13H18BrN3O2/c1-10-12(14)7-11(19-10)8-15-16-13(18)9-17-5-3-2-4-6-17/h7-8H,2-6,9H2,1H3,(H,16,18)/b15-8+. The molecule has 0 aromatic carbocycles. The highest BCUT2D eigenvalue weighted by Crippen LogP contribution is 2.18. The van der Waals surface area contributed by atoms with Gasteiger partial charge in [0.25, 0.3) is 5.91 Å². The Morgan fingerprint density at radius 3 is 2.89 bits per heavy atom. The van der Waals surface area contributed by atoms with Gasteiger partial charge in [0.2, 0.25) is 0 Å². The van der Waals surface area contributed by atoms with Crippen LogP contribution in [0.2, 0.25) is 0 Å². The van der Waals surface area contributed by atoms with E-state index in [1.54, 1.807) is 0 Å². The van der Waals surface area contributed by atoms with Gasteiger partial charge in [-0.05, 0) is 48.8 Å². The fraction of sp³-hybridized carbons (Fsp3) is 0.538. The fourth-order valence-electron chi connectivity index (χ4n) is 2.07. The highest BCUT2D eigenvalue weighted by atomic mass is 79.9. The molecule has 1 fully saturated rings. The van der Waals surface area contributed by atoms with E-state index in [1.807, 2.05) is 13.0 Å². The van der Waals surface area contributed by atoms with E-state index < -0.39 is 0 Å². The van der Waals surface area contributed by atoms with Crippen LogP contribution in [0.25, 0.3) is 0 Å². The topological polar surface area (TPSA) is 57.8 Å². The molecular formula is C13H18BrN3O2. The van der Waals surface area contributed by atoms with Crippen molar-refractivity contribution in [3.63, 3.8) is 0 Å². The lowest BCUT2D eigenvalue weighted by molar-refractivity contribution is -0.122. The monoisotopic (exact) mass is 327 g/mol. The van der Waals surface area contributed by atoms with Crippen molar-refractivity contribution in [1.82, 2.24) is 10.3 Å². The molecule has 1 aliphatic rings. The van der Waals surface area contributed by atoms with Crippen LogP contribution in [-0.2, 0) is 4.79 Å². The quantitative estimate of drug-likeness (QED) is 0.681. The Morgan fingerprint density at radius 2 is 2.26 bits per heavy atom. The lowest BCUT2D eigenvalue weighted by Gasteiger charge is -2.25. The lowest BCUT2D eigenvalue weighted by Crippen LogP contribution is -2.38. The van der Waals surface area contributed by atoms with Crippen LogP contribution in [-0.4, -0.2) is 36.7 Å². The molecule has 2 heterocycles. The van der Waals surface area contributed by atoms with Crippen molar-refractivity contribution in [2.45, 2.75) is 26.2 Å². The molecule has 5 nitrogen and oxygen atoms in total. The molecule has 0 radical (unpaired) electrons. The van der Waals surface area contributed by atoms with Crippen LogP contribution < -0.4 is 5.43 Å². The summed E-state index contributed by atoms with van der Waals surface area (Å²) in [5.74, 6) is 1.32. The second-order valence-corrected chi connectivity index (χ2v) is 5.54. The number of carbonyl (C=O) groups excluding carboxylic acids is 1. The van der Waals surface area contributed by atoms with Gasteiger partial charge in [0.1, 0.15) is 11.5 Å². The first-order valence-electron chi connectivity index (χ1n) is 6.45. The molecule has 1 amide bonds. The summed E-state index contributed by atoms with van der Waals surface area (Å²) in [7, 11) is 0. The number of carbonyl (C=O) groups is 1. The number of likely N-dealkylation sites (tertiary alicyclic amines) is 1. The molecule has 1 N–H and O–H groups in total. The number of nitrogens with zero attached hydrogens (tertiary/aromatic N) is 2. The molecule has 0 spiro atoms. The summed E-state index contributed by atoms with van der Waals surface area (Å²) in [6.07, 6.45) is 5.13. The largest absolute Gasteiger partial charge is 0.459 e. The zero-order valence-electron chi connectivity index (χ0n) is 11.0. The van der Waals surface area contributed by atoms with Gasteiger partial charge in [-0.1, -0.05) is 6.42 Å². The zero-order valence-corrected chi connectivity index (χ0v) is 12.6. The summed E-state index contributed by atoms with van der Waals surface area (Å²) in [5, 5.41) is 3.90. The molecule has 0 aliphatic carbocycles. The maximum atomic E-state index is 11.7. The van der Waals surface area contributed by atoms with Crippen molar-refractivity contribution in [3.05, 3.63) is 22.1 Å². The average Bonchev–Trinajstić information content (AvgIpc) is 2.70. The number of furan rings is 1. The fourth-order valence-corrected chi connectivity index (χ4v) is 2.38. The molecule has 1 aromatic heterocycles. The van der Waals surface area contributed by atoms with Gasteiger partial charge < -0.3 is 4.42 Å². The van der Waals surface area contributed by atoms with E-state index in [4.69, 9.17) is 4.42 Å². The van der Waals surface area contributed by atoms with Crippen LogP contribution in [0, 0.1) is 6.92 Å². The van der Waals surface area contributed by atoms with Gasteiger partial charge in [-0.15, -0.1) is 0 Å². The number of amides is 1. The zero-order chi connectivity index (χ0) is 13.7. The predicted molar refractivity (Wildman–Crippen MR) is 77.2 cm³/mol. The van der Waals surface area contributed by atoms with Gasteiger partial charge in [0.05, 0.1) is 17.2 Å². The Labute approximate surface area is 121 Å². The summed E-state index contributed by atoms with van der Waals surface area (Å²) >= 11 is 3.35. The van der Waals surface area contributed by atoms with Crippen LogP contribution in [0.4, 0.5) is 0 Å². The third kappa shape index (κ3) is 4.47. The predicted octanol–water partition coefficient (Wildman–Crippen LogP) is 2.29. The van der Waals surface area contributed by atoms with Crippen molar-refractivity contribution in [2.24, 2.45) is 5.10 Å². The van der Waals surface area contributed by atoms with Gasteiger partial charge in [0.15, 0.2) is 0 Å². The number of rotatable bonds is 4. The molecule has 104 valence electrons. The SMILES string of the molecule is Cc1oc(/C=N/NC(=O)CN2CCCCC2)cc1Br. The first-order chi connectivity index (χ1) is 9.15. The molecule has 19 heavy (non-hydrogen) atoms.